The zero-order chi connectivity index (χ0) is 28.6. The largest absolute Gasteiger partial charge is 0.354 e. The van der Waals surface area contributed by atoms with E-state index < -0.39 is 34.3 Å². The molecular formula is C30H36FN3O4S. The molecule has 208 valence electrons. The number of nitrogens with one attached hydrogen (secondary N) is 1. The summed E-state index contributed by atoms with van der Waals surface area (Å²) in [5.74, 6) is -1.54. The molecule has 0 bridgehead atoms. The summed E-state index contributed by atoms with van der Waals surface area (Å²) in [6, 6.07) is 21.3. The smallest absolute Gasteiger partial charge is 0.244 e. The molecule has 3 aromatic rings. The predicted octanol–water partition coefficient (Wildman–Crippen LogP) is 4.31. The number of halogens is 1. The lowest BCUT2D eigenvalue weighted by Gasteiger charge is -2.33. The van der Waals surface area contributed by atoms with Crippen molar-refractivity contribution in [3.8, 4) is 0 Å². The van der Waals surface area contributed by atoms with Gasteiger partial charge in [0.1, 0.15) is 18.4 Å². The molecule has 1 atom stereocenters. The van der Waals surface area contributed by atoms with Crippen LogP contribution in [-0.4, -0.2) is 50.5 Å². The first-order valence-electron chi connectivity index (χ1n) is 12.8. The molecule has 0 saturated heterocycles. The number of hydrogen-bond donors (Lipinski definition) is 1. The second-order valence-corrected chi connectivity index (χ2v) is 12.0. The van der Waals surface area contributed by atoms with Gasteiger partial charge in [-0.15, -0.1) is 0 Å². The maximum atomic E-state index is 14.7. The Kier molecular flexibility index (Phi) is 10.2. The molecule has 0 radical (unpaired) electrons. The minimum absolute atomic E-state index is 0.0700. The van der Waals surface area contributed by atoms with Crippen LogP contribution in [-0.2, 0) is 32.6 Å². The summed E-state index contributed by atoms with van der Waals surface area (Å²) in [4.78, 5) is 28.9. The van der Waals surface area contributed by atoms with Crippen molar-refractivity contribution in [3.63, 3.8) is 0 Å². The third kappa shape index (κ3) is 8.64. The lowest BCUT2D eigenvalue weighted by atomic mass is 10.0. The molecule has 3 rings (SSSR count). The topological polar surface area (TPSA) is 86.8 Å². The van der Waals surface area contributed by atoms with Crippen LogP contribution >= 0.6 is 0 Å². The summed E-state index contributed by atoms with van der Waals surface area (Å²) in [5, 5.41) is 2.93. The maximum absolute atomic E-state index is 14.7. The molecule has 39 heavy (non-hydrogen) atoms. The van der Waals surface area contributed by atoms with Crippen molar-refractivity contribution in [3.05, 3.63) is 101 Å². The fourth-order valence-corrected chi connectivity index (χ4v) is 4.97. The van der Waals surface area contributed by atoms with E-state index in [2.05, 4.69) is 5.32 Å². The van der Waals surface area contributed by atoms with E-state index in [1.54, 1.807) is 0 Å². The van der Waals surface area contributed by atoms with Crippen LogP contribution in [0.4, 0.5) is 10.1 Å². The quantitative estimate of drug-likeness (QED) is 0.362. The van der Waals surface area contributed by atoms with Crippen molar-refractivity contribution in [1.82, 2.24) is 10.2 Å². The summed E-state index contributed by atoms with van der Waals surface area (Å²) >= 11 is 0. The van der Waals surface area contributed by atoms with E-state index in [-0.39, 0.29) is 30.5 Å². The first-order chi connectivity index (χ1) is 18.5. The van der Waals surface area contributed by atoms with Gasteiger partial charge in [0.2, 0.25) is 21.8 Å². The van der Waals surface area contributed by atoms with Gasteiger partial charge in [0.05, 0.1) is 11.9 Å². The first-order valence-corrected chi connectivity index (χ1v) is 14.7. The predicted molar refractivity (Wildman–Crippen MR) is 152 cm³/mol. The lowest BCUT2D eigenvalue weighted by molar-refractivity contribution is -0.140. The van der Waals surface area contributed by atoms with Gasteiger partial charge in [-0.25, -0.2) is 12.8 Å². The lowest BCUT2D eigenvalue weighted by Crippen LogP contribution is -2.53. The highest BCUT2D eigenvalue weighted by molar-refractivity contribution is 7.92. The Labute approximate surface area is 230 Å². The molecule has 0 fully saturated rings. The number of aryl methyl sites for hydroxylation is 1. The third-order valence-electron chi connectivity index (χ3n) is 6.23. The van der Waals surface area contributed by atoms with Crippen LogP contribution in [0.2, 0.25) is 0 Å². The van der Waals surface area contributed by atoms with Gasteiger partial charge in [0.25, 0.3) is 0 Å². The minimum Gasteiger partial charge on any atom is -0.354 e. The van der Waals surface area contributed by atoms with Gasteiger partial charge in [-0.1, -0.05) is 86.1 Å². The Bertz CT molecular complexity index is 1360. The van der Waals surface area contributed by atoms with Crippen LogP contribution in [0.5, 0.6) is 0 Å². The number of rotatable bonds is 12. The highest BCUT2D eigenvalue weighted by Crippen LogP contribution is 2.23. The molecule has 1 N–H and O–H groups in total. The number of para-hydroxylation sites is 1. The number of carbonyl (C=O) groups excluding carboxylic acids is 2. The summed E-state index contributed by atoms with van der Waals surface area (Å²) in [6.07, 6.45) is 1.15. The van der Waals surface area contributed by atoms with Crippen LogP contribution in [0, 0.1) is 18.7 Å². The Morgan fingerprint density at radius 2 is 1.51 bits per heavy atom. The fraction of sp³-hybridized carbons (Fsp3) is 0.333. The SMILES string of the molecule is Cc1ccc(CN(C(=O)CN(c2ccccc2F)S(C)(=O)=O)[C@H](Cc2ccccc2)C(=O)NCC(C)C)cc1. The molecule has 0 aromatic heterocycles. The number of nitrogens with zero attached hydrogens (tertiary/aromatic N) is 2. The summed E-state index contributed by atoms with van der Waals surface area (Å²) in [7, 11) is -4.03. The normalized spacial score (nSPS) is 12.2. The van der Waals surface area contributed by atoms with E-state index in [1.165, 1.54) is 23.1 Å². The van der Waals surface area contributed by atoms with Crippen molar-refractivity contribution in [2.45, 2.75) is 39.8 Å². The van der Waals surface area contributed by atoms with Gasteiger partial charge in [-0.2, -0.15) is 0 Å². The second kappa shape index (κ2) is 13.4. The third-order valence-corrected chi connectivity index (χ3v) is 7.36. The number of sulfonamides is 1. The van der Waals surface area contributed by atoms with Crippen molar-refractivity contribution in [2.75, 3.05) is 23.7 Å². The molecule has 9 heteroatoms. The van der Waals surface area contributed by atoms with E-state index in [9.17, 15) is 22.4 Å². The highest BCUT2D eigenvalue weighted by Gasteiger charge is 2.33. The number of benzene rings is 3. The van der Waals surface area contributed by atoms with Gasteiger partial charge in [0, 0.05) is 19.5 Å². The monoisotopic (exact) mass is 553 g/mol. The van der Waals surface area contributed by atoms with Crippen LogP contribution in [0.1, 0.15) is 30.5 Å². The molecule has 0 aliphatic carbocycles. The molecule has 0 heterocycles. The maximum Gasteiger partial charge on any atom is 0.244 e. The van der Waals surface area contributed by atoms with Gasteiger partial charge in [-0.05, 0) is 36.1 Å². The van der Waals surface area contributed by atoms with Crippen LogP contribution < -0.4 is 9.62 Å². The van der Waals surface area contributed by atoms with Gasteiger partial charge >= 0.3 is 0 Å². The molecule has 0 aliphatic rings. The summed E-state index contributed by atoms with van der Waals surface area (Å²) in [6.45, 7) is 5.72. The van der Waals surface area contributed by atoms with Crippen LogP contribution in [0.25, 0.3) is 0 Å². The van der Waals surface area contributed by atoms with Gasteiger partial charge in [-0.3, -0.25) is 13.9 Å². The molecule has 0 unspecified atom stereocenters. The van der Waals surface area contributed by atoms with E-state index in [0.717, 1.165) is 33.3 Å². The second-order valence-electron chi connectivity index (χ2n) is 10.1. The molecule has 0 aliphatic heterocycles. The number of hydrogen-bond acceptors (Lipinski definition) is 4. The zero-order valence-corrected chi connectivity index (χ0v) is 23.6. The molecule has 7 nitrogen and oxygen atoms in total. The summed E-state index contributed by atoms with van der Waals surface area (Å²) in [5.41, 5.74) is 2.43. The standard InChI is InChI=1S/C30H36FN3O4S/c1-22(2)19-32-30(36)28(18-24-10-6-5-7-11-24)33(20-25-16-14-23(3)15-17-25)29(35)21-34(39(4,37)38)27-13-9-8-12-26(27)31/h5-17,22,28H,18-21H2,1-4H3,(H,32,36)/t28-/m1/s1. The van der Waals surface area contributed by atoms with Crippen molar-refractivity contribution in [1.29, 1.82) is 0 Å². The molecule has 2 amide bonds. The van der Waals surface area contributed by atoms with E-state index in [4.69, 9.17) is 0 Å². The minimum atomic E-state index is -4.03. The van der Waals surface area contributed by atoms with E-state index >= 15 is 0 Å². The first kappa shape index (κ1) is 29.8. The van der Waals surface area contributed by atoms with Crippen molar-refractivity contribution in [2.24, 2.45) is 5.92 Å². The Morgan fingerprint density at radius 1 is 0.897 bits per heavy atom. The zero-order valence-electron chi connectivity index (χ0n) is 22.8. The number of carbonyl (C=O) groups is 2. The average molecular weight is 554 g/mol. The number of amides is 2. The summed E-state index contributed by atoms with van der Waals surface area (Å²) < 4.78 is 40.8. The fourth-order valence-electron chi connectivity index (χ4n) is 4.12. The Balaban J connectivity index is 2.05. The molecule has 3 aromatic carbocycles. The van der Waals surface area contributed by atoms with Crippen LogP contribution in [0.15, 0.2) is 78.9 Å². The Hall–Kier alpha value is -3.72. The van der Waals surface area contributed by atoms with Gasteiger partial charge < -0.3 is 10.2 Å². The van der Waals surface area contributed by atoms with Gasteiger partial charge in [0.15, 0.2) is 0 Å². The molecule has 0 saturated carbocycles. The number of anilines is 1. The average Bonchev–Trinajstić information content (AvgIpc) is 2.89. The Morgan fingerprint density at radius 3 is 2.10 bits per heavy atom. The van der Waals surface area contributed by atoms with E-state index in [0.29, 0.717) is 6.54 Å². The molecule has 0 spiro atoms. The highest BCUT2D eigenvalue weighted by atomic mass is 32.2. The van der Waals surface area contributed by atoms with E-state index in [1.807, 2.05) is 75.4 Å². The van der Waals surface area contributed by atoms with Crippen LogP contribution in [0.3, 0.4) is 0 Å². The van der Waals surface area contributed by atoms with Crippen molar-refractivity contribution >= 4 is 27.5 Å². The van der Waals surface area contributed by atoms with Crippen molar-refractivity contribution < 1.29 is 22.4 Å². The molecular weight excluding hydrogens is 517 g/mol.